The highest BCUT2D eigenvalue weighted by atomic mass is 35.5. The van der Waals surface area contributed by atoms with Gasteiger partial charge in [-0.1, -0.05) is 41.4 Å². The van der Waals surface area contributed by atoms with Crippen LogP contribution in [0.3, 0.4) is 0 Å². The molecule has 0 unspecified atom stereocenters. The van der Waals surface area contributed by atoms with E-state index in [1.165, 1.54) is 24.3 Å². The van der Waals surface area contributed by atoms with Gasteiger partial charge in [0.15, 0.2) is 0 Å². The summed E-state index contributed by atoms with van der Waals surface area (Å²) in [5.74, 6) is 4.50. The molecule has 128 valence electrons. The number of rotatable bonds is 6. The van der Waals surface area contributed by atoms with E-state index in [1.807, 2.05) is 36.6 Å². The van der Waals surface area contributed by atoms with Crippen molar-refractivity contribution in [1.82, 2.24) is 9.73 Å². The van der Waals surface area contributed by atoms with Gasteiger partial charge in [-0.2, -0.15) is 4.31 Å². The molecule has 6 nitrogen and oxygen atoms in total. The molecule has 8 heteroatoms. The number of carbonyl (C=O) groups is 1. The van der Waals surface area contributed by atoms with E-state index in [2.05, 4.69) is 0 Å². The van der Waals surface area contributed by atoms with E-state index < -0.39 is 15.9 Å². The molecule has 0 atom stereocenters. The molecule has 2 aromatic carbocycles. The molecule has 0 aliphatic carbocycles. The Bertz CT molecular complexity index is 805. The third-order valence-corrected chi connectivity index (χ3v) is 5.47. The molecule has 0 spiro atoms. The Kier molecular flexibility index (Phi) is 5.95. The molecule has 3 N–H and O–H groups in total. The van der Waals surface area contributed by atoms with Crippen LogP contribution in [0, 0.1) is 6.92 Å². The summed E-state index contributed by atoms with van der Waals surface area (Å²) in [6.45, 7) is 1.61. The van der Waals surface area contributed by atoms with Gasteiger partial charge >= 0.3 is 0 Å². The van der Waals surface area contributed by atoms with E-state index in [-0.39, 0.29) is 18.0 Å². The monoisotopic (exact) mass is 367 g/mol. The van der Waals surface area contributed by atoms with E-state index in [4.69, 9.17) is 17.4 Å². The van der Waals surface area contributed by atoms with Gasteiger partial charge in [0, 0.05) is 11.6 Å². The molecule has 1 amide bonds. The number of hydrazine groups is 1. The molecule has 0 heterocycles. The predicted molar refractivity (Wildman–Crippen MR) is 92.6 cm³/mol. The van der Waals surface area contributed by atoms with Crippen LogP contribution in [0.1, 0.15) is 11.1 Å². The van der Waals surface area contributed by atoms with Crippen molar-refractivity contribution in [3.63, 3.8) is 0 Å². The summed E-state index contributed by atoms with van der Waals surface area (Å²) in [6.07, 6.45) is 0. The first-order valence-electron chi connectivity index (χ1n) is 7.13. The molecule has 24 heavy (non-hydrogen) atoms. The van der Waals surface area contributed by atoms with Crippen LogP contribution in [0.5, 0.6) is 0 Å². The minimum atomic E-state index is -3.87. The number of aryl methyl sites for hydroxylation is 1. The SMILES string of the molecule is Cc1ccc(CN(CC(=O)NN)S(=O)(=O)c2ccc(Cl)cc2)cc1. The third-order valence-electron chi connectivity index (χ3n) is 3.41. The lowest BCUT2D eigenvalue weighted by Gasteiger charge is -2.21. The number of halogens is 1. The largest absolute Gasteiger partial charge is 0.293 e. The van der Waals surface area contributed by atoms with E-state index in [0.717, 1.165) is 15.4 Å². The molecule has 0 radical (unpaired) electrons. The van der Waals surface area contributed by atoms with Crippen molar-refractivity contribution in [2.24, 2.45) is 5.84 Å². The molecular formula is C16H18ClN3O3S. The Hall–Kier alpha value is -1.93. The molecule has 0 aliphatic heterocycles. The summed E-state index contributed by atoms with van der Waals surface area (Å²) in [5.41, 5.74) is 3.78. The van der Waals surface area contributed by atoms with E-state index in [9.17, 15) is 13.2 Å². The molecule has 0 saturated carbocycles. The van der Waals surface area contributed by atoms with Crippen molar-refractivity contribution < 1.29 is 13.2 Å². The van der Waals surface area contributed by atoms with Crippen molar-refractivity contribution in [3.8, 4) is 0 Å². The van der Waals surface area contributed by atoms with Gasteiger partial charge in [-0.3, -0.25) is 10.2 Å². The van der Waals surface area contributed by atoms with Crippen LogP contribution in [-0.4, -0.2) is 25.2 Å². The summed E-state index contributed by atoms with van der Waals surface area (Å²) in [4.78, 5) is 11.7. The Labute approximate surface area is 146 Å². The number of amides is 1. The van der Waals surface area contributed by atoms with Gasteiger partial charge in [-0.05, 0) is 36.8 Å². The predicted octanol–water partition coefficient (Wildman–Crippen LogP) is 1.83. The molecule has 0 bridgehead atoms. The number of carbonyl (C=O) groups excluding carboxylic acids is 1. The van der Waals surface area contributed by atoms with Crippen LogP contribution in [0.4, 0.5) is 0 Å². The van der Waals surface area contributed by atoms with Crippen molar-refractivity contribution >= 4 is 27.5 Å². The quantitative estimate of drug-likeness (QED) is 0.463. The fourth-order valence-corrected chi connectivity index (χ4v) is 3.59. The number of nitrogens with one attached hydrogen (secondary N) is 1. The summed E-state index contributed by atoms with van der Waals surface area (Å²) in [7, 11) is -3.87. The highest BCUT2D eigenvalue weighted by Gasteiger charge is 2.26. The van der Waals surface area contributed by atoms with Gasteiger partial charge in [0.25, 0.3) is 0 Å². The summed E-state index contributed by atoms with van der Waals surface area (Å²) in [6, 6.07) is 13.2. The lowest BCUT2D eigenvalue weighted by Crippen LogP contribution is -2.42. The zero-order valence-electron chi connectivity index (χ0n) is 13.1. The lowest BCUT2D eigenvalue weighted by atomic mass is 10.1. The second-order valence-corrected chi connectivity index (χ2v) is 7.65. The fourth-order valence-electron chi connectivity index (χ4n) is 2.08. The van der Waals surface area contributed by atoms with Crippen molar-refractivity contribution in [1.29, 1.82) is 0 Å². The van der Waals surface area contributed by atoms with Gasteiger partial charge in [-0.15, -0.1) is 0 Å². The summed E-state index contributed by atoms with van der Waals surface area (Å²) >= 11 is 5.80. The Morgan fingerprint density at radius 2 is 1.71 bits per heavy atom. The topological polar surface area (TPSA) is 92.5 Å². The molecule has 2 aromatic rings. The van der Waals surface area contributed by atoms with Gasteiger partial charge in [0.1, 0.15) is 0 Å². The van der Waals surface area contributed by atoms with Crippen LogP contribution < -0.4 is 11.3 Å². The highest BCUT2D eigenvalue weighted by molar-refractivity contribution is 7.89. The first kappa shape index (κ1) is 18.4. The van der Waals surface area contributed by atoms with Crippen LogP contribution in [0.2, 0.25) is 5.02 Å². The molecule has 0 aliphatic rings. The number of nitrogens with two attached hydrogens (primary N) is 1. The van der Waals surface area contributed by atoms with Crippen LogP contribution >= 0.6 is 11.6 Å². The number of sulfonamides is 1. The summed E-state index contributed by atoms with van der Waals surface area (Å²) in [5, 5.41) is 0.429. The fraction of sp³-hybridized carbons (Fsp3) is 0.188. The maximum Gasteiger partial charge on any atom is 0.249 e. The average molecular weight is 368 g/mol. The number of hydrogen-bond donors (Lipinski definition) is 2. The number of nitrogens with zero attached hydrogens (tertiary/aromatic N) is 1. The van der Waals surface area contributed by atoms with Crippen molar-refractivity contribution in [2.75, 3.05) is 6.54 Å². The third kappa shape index (κ3) is 4.55. The van der Waals surface area contributed by atoms with Gasteiger partial charge in [0.05, 0.1) is 11.4 Å². The maximum atomic E-state index is 12.8. The first-order chi connectivity index (χ1) is 11.3. The Balaban J connectivity index is 2.35. The zero-order chi connectivity index (χ0) is 17.7. The smallest absolute Gasteiger partial charge is 0.249 e. The average Bonchev–Trinajstić information content (AvgIpc) is 2.56. The van der Waals surface area contributed by atoms with Crippen molar-refractivity contribution in [2.45, 2.75) is 18.4 Å². The number of benzene rings is 2. The maximum absolute atomic E-state index is 12.8. The minimum Gasteiger partial charge on any atom is -0.293 e. The van der Waals surface area contributed by atoms with E-state index in [0.29, 0.717) is 5.02 Å². The normalized spacial score (nSPS) is 11.5. The molecule has 0 aromatic heterocycles. The highest BCUT2D eigenvalue weighted by Crippen LogP contribution is 2.20. The Morgan fingerprint density at radius 3 is 2.25 bits per heavy atom. The van der Waals surface area contributed by atoms with Gasteiger partial charge in [-0.25, -0.2) is 14.3 Å². The molecule has 2 rings (SSSR count). The van der Waals surface area contributed by atoms with Gasteiger partial charge in [0.2, 0.25) is 15.9 Å². The molecular weight excluding hydrogens is 350 g/mol. The molecule has 0 saturated heterocycles. The lowest BCUT2D eigenvalue weighted by molar-refractivity contribution is -0.121. The Morgan fingerprint density at radius 1 is 1.12 bits per heavy atom. The van der Waals surface area contributed by atoms with E-state index >= 15 is 0 Å². The number of hydrogen-bond acceptors (Lipinski definition) is 4. The van der Waals surface area contributed by atoms with Gasteiger partial charge < -0.3 is 0 Å². The zero-order valence-corrected chi connectivity index (χ0v) is 14.6. The first-order valence-corrected chi connectivity index (χ1v) is 8.95. The molecule has 0 fully saturated rings. The van der Waals surface area contributed by atoms with Crippen LogP contribution in [0.15, 0.2) is 53.4 Å². The second kappa shape index (κ2) is 7.76. The minimum absolute atomic E-state index is 0.0542. The summed E-state index contributed by atoms with van der Waals surface area (Å²) < 4.78 is 26.7. The van der Waals surface area contributed by atoms with Crippen LogP contribution in [-0.2, 0) is 21.4 Å². The van der Waals surface area contributed by atoms with Crippen molar-refractivity contribution in [3.05, 3.63) is 64.7 Å². The second-order valence-electron chi connectivity index (χ2n) is 5.28. The van der Waals surface area contributed by atoms with E-state index in [1.54, 1.807) is 0 Å². The van der Waals surface area contributed by atoms with Crippen LogP contribution in [0.25, 0.3) is 0 Å². The standard InChI is InChI=1S/C16H18ClN3O3S/c1-12-2-4-13(5-3-12)10-20(11-16(21)19-18)24(22,23)15-8-6-14(17)7-9-15/h2-9H,10-11,18H2,1H3,(H,19,21).